The van der Waals surface area contributed by atoms with Crippen LogP contribution in [0.15, 0.2) is 24.3 Å². The summed E-state index contributed by atoms with van der Waals surface area (Å²) in [5.41, 5.74) is 0.639. The molecule has 0 bridgehead atoms. The topological polar surface area (TPSA) is 73.5 Å². The molecule has 0 unspecified atom stereocenters. The lowest BCUT2D eigenvalue weighted by Crippen LogP contribution is -2.47. The monoisotopic (exact) mass is 248 g/mol. The highest BCUT2D eigenvalue weighted by molar-refractivity contribution is 5.97. The maximum absolute atomic E-state index is 10.7. The number of nitro groups is 1. The van der Waals surface area contributed by atoms with Gasteiger partial charge in [-0.25, -0.2) is 0 Å². The summed E-state index contributed by atoms with van der Waals surface area (Å²) in [6, 6.07) is 6.27. The van der Waals surface area contributed by atoms with Gasteiger partial charge < -0.3 is 9.80 Å². The number of piperazine rings is 1. The zero-order valence-electron chi connectivity index (χ0n) is 10.3. The first-order valence-electron chi connectivity index (χ1n) is 5.85. The van der Waals surface area contributed by atoms with Gasteiger partial charge in [0.15, 0.2) is 0 Å². The summed E-state index contributed by atoms with van der Waals surface area (Å²) < 4.78 is 0. The molecule has 1 heterocycles. The average Bonchev–Trinajstić information content (AvgIpc) is 2.39. The lowest BCUT2D eigenvalue weighted by molar-refractivity contribution is -0.384. The van der Waals surface area contributed by atoms with Crippen molar-refractivity contribution < 1.29 is 4.92 Å². The summed E-state index contributed by atoms with van der Waals surface area (Å²) in [5.74, 6) is 0.367. The fraction of sp³-hybridized carbons (Fsp3) is 0.417. The largest absolute Gasteiger partial charge is 0.354 e. The van der Waals surface area contributed by atoms with Crippen molar-refractivity contribution in [3.63, 3.8) is 0 Å². The Morgan fingerprint density at radius 3 is 2.61 bits per heavy atom. The van der Waals surface area contributed by atoms with E-state index in [1.807, 2.05) is 11.9 Å². The third-order valence-corrected chi connectivity index (χ3v) is 3.15. The molecule has 0 radical (unpaired) electrons. The highest BCUT2D eigenvalue weighted by Crippen LogP contribution is 2.15. The molecule has 0 spiro atoms. The molecule has 0 atom stereocenters. The highest BCUT2D eigenvalue weighted by atomic mass is 16.6. The van der Waals surface area contributed by atoms with Crippen LogP contribution in [0.2, 0.25) is 0 Å². The van der Waals surface area contributed by atoms with Crippen molar-refractivity contribution >= 4 is 11.5 Å². The van der Waals surface area contributed by atoms with E-state index in [2.05, 4.69) is 4.90 Å². The van der Waals surface area contributed by atoms with E-state index >= 15 is 0 Å². The van der Waals surface area contributed by atoms with E-state index in [0.29, 0.717) is 11.4 Å². The van der Waals surface area contributed by atoms with Crippen LogP contribution in [0.1, 0.15) is 5.56 Å². The van der Waals surface area contributed by atoms with Crippen molar-refractivity contribution in [3.8, 4) is 0 Å². The number of likely N-dealkylation sites (N-methyl/N-ethyl adjacent to an activating group) is 1. The van der Waals surface area contributed by atoms with Crippen molar-refractivity contribution in [1.29, 1.82) is 5.41 Å². The smallest absolute Gasteiger partial charge is 0.270 e. The Balaban J connectivity index is 2.13. The fourth-order valence-electron chi connectivity index (χ4n) is 1.98. The first-order chi connectivity index (χ1) is 8.58. The number of nitro benzene ring substituents is 1. The van der Waals surface area contributed by atoms with Gasteiger partial charge in [-0.05, 0) is 7.05 Å². The van der Waals surface area contributed by atoms with Crippen molar-refractivity contribution in [2.24, 2.45) is 0 Å². The van der Waals surface area contributed by atoms with Gasteiger partial charge >= 0.3 is 0 Å². The van der Waals surface area contributed by atoms with E-state index in [9.17, 15) is 10.1 Å². The lowest BCUT2D eigenvalue weighted by Gasteiger charge is -2.34. The number of hydrogen-bond acceptors (Lipinski definition) is 4. The lowest BCUT2D eigenvalue weighted by atomic mass is 10.1. The summed E-state index contributed by atoms with van der Waals surface area (Å²) >= 11 is 0. The predicted octanol–water partition coefficient (Wildman–Crippen LogP) is 1.17. The van der Waals surface area contributed by atoms with Crippen LogP contribution in [0.5, 0.6) is 0 Å². The molecule has 1 aromatic rings. The first-order valence-corrected chi connectivity index (χ1v) is 5.85. The summed E-state index contributed by atoms with van der Waals surface area (Å²) in [6.07, 6.45) is 0. The van der Waals surface area contributed by atoms with Gasteiger partial charge in [0.1, 0.15) is 5.84 Å². The summed E-state index contributed by atoms with van der Waals surface area (Å²) in [5, 5.41) is 18.8. The van der Waals surface area contributed by atoms with Gasteiger partial charge in [0.25, 0.3) is 5.69 Å². The van der Waals surface area contributed by atoms with Gasteiger partial charge in [-0.2, -0.15) is 0 Å². The van der Waals surface area contributed by atoms with Crippen molar-refractivity contribution in [1.82, 2.24) is 9.80 Å². The van der Waals surface area contributed by atoms with Crippen molar-refractivity contribution in [2.75, 3.05) is 33.2 Å². The molecule has 6 nitrogen and oxygen atoms in total. The molecule has 1 aliphatic heterocycles. The third kappa shape index (κ3) is 2.65. The van der Waals surface area contributed by atoms with Gasteiger partial charge in [-0.15, -0.1) is 0 Å². The molecule has 0 aliphatic carbocycles. The Labute approximate surface area is 105 Å². The molecule has 2 rings (SSSR count). The van der Waals surface area contributed by atoms with Crippen LogP contribution in [0.3, 0.4) is 0 Å². The van der Waals surface area contributed by atoms with Crippen LogP contribution >= 0.6 is 0 Å². The molecule has 0 aromatic heterocycles. The number of hydrogen-bond donors (Lipinski definition) is 1. The number of nitrogens with one attached hydrogen (secondary N) is 1. The zero-order valence-corrected chi connectivity index (χ0v) is 10.3. The molecule has 1 aromatic carbocycles. The summed E-state index contributed by atoms with van der Waals surface area (Å²) in [7, 11) is 2.05. The van der Waals surface area contributed by atoms with Gasteiger partial charge in [-0.3, -0.25) is 15.5 Å². The van der Waals surface area contributed by atoms with Crippen LogP contribution in [0.25, 0.3) is 0 Å². The molecule has 1 fully saturated rings. The molecule has 96 valence electrons. The number of nitrogens with zero attached hydrogens (tertiary/aromatic N) is 3. The Morgan fingerprint density at radius 2 is 2.00 bits per heavy atom. The Hall–Kier alpha value is -1.95. The Morgan fingerprint density at radius 1 is 1.33 bits per heavy atom. The zero-order chi connectivity index (χ0) is 13.1. The number of amidine groups is 1. The second-order valence-electron chi connectivity index (χ2n) is 4.45. The summed E-state index contributed by atoms with van der Waals surface area (Å²) in [4.78, 5) is 14.4. The van der Waals surface area contributed by atoms with Crippen molar-refractivity contribution in [2.45, 2.75) is 0 Å². The molecular weight excluding hydrogens is 232 g/mol. The van der Waals surface area contributed by atoms with Gasteiger partial charge in [0.05, 0.1) is 4.92 Å². The molecule has 1 N–H and O–H groups in total. The quantitative estimate of drug-likeness (QED) is 0.369. The van der Waals surface area contributed by atoms with Crippen LogP contribution in [0, 0.1) is 15.5 Å². The second-order valence-corrected chi connectivity index (χ2v) is 4.45. The second kappa shape index (κ2) is 5.14. The molecular formula is C12H16N4O2. The molecule has 0 saturated carbocycles. The summed E-state index contributed by atoms with van der Waals surface area (Å²) in [6.45, 7) is 3.41. The fourth-order valence-corrected chi connectivity index (χ4v) is 1.98. The maximum atomic E-state index is 10.7. The maximum Gasteiger partial charge on any atom is 0.270 e. The van der Waals surface area contributed by atoms with Gasteiger partial charge in [-0.1, -0.05) is 12.1 Å². The van der Waals surface area contributed by atoms with E-state index in [0.717, 1.165) is 26.2 Å². The minimum atomic E-state index is -0.430. The van der Waals surface area contributed by atoms with E-state index in [4.69, 9.17) is 5.41 Å². The molecule has 18 heavy (non-hydrogen) atoms. The van der Waals surface area contributed by atoms with Crippen LogP contribution in [0.4, 0.5) is 5.69 Å². The third-order valence-electron chi connectivity index (χ3n) is 3.15. The predicted molar refractivity (Wildman–Crippen MR) is 69.0 cm³/mol. The molecule has 1 saturated heterocycles. The van der Waals surface area contributed by atoms with E-state index < -0.39 is 4.92 Å². The van der Waals surface area contributed by atoms with Gasteiger partial charge in [0, 0.05) is 43.9 Å². The number of benzene rings is 1. The van der Waals surface area contributed by atoms with E-state index in [-0.39, 0.29) is 5.69 Å². The van der Waals surface area contributed by atoms with Crippen LogP contribution < -0.4 is 0 Å². The number of rotatable bonds is 2. The van der Waals surface area contributed by atoms with Gasteiger partial charge in [0.2, 0.25) is 0 Å². The molecule has 0 amide bonds. The van der Waals surface area contributed by atoms with Crippen LogP contribution in [-0.4, -0.2) is 53.8 Å². The average molecular weight is 248 g/mol. The Bertz CT molecular complexity index is 467. The van der Waals surface area contributed by atoms with E-state index in [1.165, 1.54) is 12.1 Å². The molecule has 1 aliphatic rings. The van der Waals surface area contributed by atoms with Crippen molar-refractivity contribution in [3.05, 3.63) is 39.9 Å². The molecule has 6 heteroatoms. The van der Waals surface area contributed by atoms with Crippen LogP contribution in [-0.2, 0) is 0 Å². The minimum absolute atomic E-state index is 0.0337. The SMILES string of the molecule is CN1CCN(C(=N)c2cccc([N+](=O)[O-])c2)CC1. The van der Waals surface area contributed by atoms with E-state index in [1.54, 1.807) is 12.1 Å². The first kappa shape index (κ1) is 12.5. The normalized spacial score (nSPS) is 16.6. The Kier molecular flexibility index (Phi) is 3.57. The minimum Gasteiger partial charge on any atom is -0.354 e. The highest BCUT2D eigenvalue weighted by Gasteiger charge is 2.18. The standard InChI is InChI=1S/C12H16N4O2/c1-14-5-7-15(8-6-14)12(13)10-3-2-4-11(9-10)16(17)18/h2-4,9,13H,5-8H2,1H3. The number of non-ortho nitro benzene ring substituents is 1.